The van der Waals surface area contributed by atoms with E-state index >= 15 is 0 Å². The highest BCUT2D eigenvalue weighted by atomic mass is 15.3. The summed E-state index contributed by atoms with van der Waals surface area (Å²) < 4.78 is 1.77. The van der Waals surface area contributed by atoms with Crippen molar-refractivity contribution < 1.29 is 0 Å². The molecule has 2 rings (SSSR count). The molecule has 78 valence electrons. The number of nitrogen functional groups attached to an aromatic ring is 1. The van der Waals surface area contributed by atoms with E-state index < -0.39 is 0 Å². The van der Waals surface area contributed by atoms with Crippen molar-refractivity contribution in [1.82, 2.24) is 19.7 Å². The van der Waals surface area contributed by atoms with Crippen LogP contribution in [0.5, 0.6) is 0 Å². The Morgan fingerprint density at radius 1 is 1.40 bits per heavy atom. The first-order valence-corrected chi connectivity index (χ1v) is 4.78. The highest BCUT2D eigenvalue weighted by Crippen LogP contribution is 2.11. The second-order valence-electron chi connectivity index (χ2n) is 3.37. The third kappa shape index (κ3) is 2.12. The third-order valence-electron chi connectivity index (χ3n) is 2.36. The predicted octanol–water partition coefficient (Wildman–Crippen LogP) is 0.578. The molecule has 0 saturated carbocycles. The van der Waals surface area contributed by atoms with E-state index in [1.54, 1.807) is 23.4 Å². The zero-order valence-electron chi connectivity index (χ0n) is 8.59. The highest BCUT2D eigenvalue weighted by Gasteiger charge is 2.03. The highest BCUT2D eigenvalue weighted by molar-refractivity contribution is 5.44. The van der Waals surface area contributed by atoms with E-state index in [2.05, 4.69) is 15.1 Å². The molecule has 0 amide bonds. The van der Waals surface area contributed by atoms with E-state index in [4.69, 9.17) is 5.73 Å². The standard InChI is InChI=1S/C10H13N5/c1-15-10(13-7-14-15)3-2-8-6-12-5-4-9(8)11/h4-7H,2-3H2,1H3,(H2,11,12). The second kappa shape index (κ2) is 4.08. The number of nitrogens with zero attached hydrogens (tertiary/aromatic N) is 4. The average molecular weight is 203 g/mol. The summed E-state index contributed by atoms with van der Waals surface area (Å²) in [4.78, 5) is 8.20. The Bertz CT molecular complexity index is 449. The molecule has 2 aromatic rings. The number of nitrogens with two attached hydrogens (primary N) is 1. The first kappa shape index (κ1) is 9.64. The summed E-state index contributed by atoms with van der Waals surface area (Å²) in [7, 11) is 1.88. The van der Waals surface area contributed by atoms with Crippen LogP contribution in [0.15, 0.2) is 24.8 Å². The Labute approximate surface area is 88.0 Å². The zero-order valence-corrected chi connectivity index (χ0v) is 8.59. The van der Waals surface area contributed by atoms with E-state index in [1.165, 1.54) is 0 Å². The van der Waals surface area contributed by atoms with Crippen molar-refractivity contribution in [1.29, 1.82) is 0 Å². The van der Waals surface area contributed by atoms with Gasteiger partial charge in [-0.25, -0.2) is 4.98 Å². The van der Waals surface area contributed by atoms with E-state index in [9.17, 15) is 0 Å². The van der Waals surface area contributed by atoms with E-state index in [0.29, 0.717) is 0 Å². The van der Waals surface area contributed by atoms with Gasteiger partial charge in [0.15, 0.2) is 0 Å². The summed E-state index contributed by atoms with van der Waals surface area (Å²) >= 11 is 0. The van der Waals surface area contributed by atoms with Crippen LogP contribution in [0.4, 0.5) is 5.69 Å². The molecule has 15 heavy (non-hydrogen) atoms. The molecule has 0 aliphatic rings. The fourth-order valence-electron chi connectivity index (χ4n) is 1.44. The van der Waals surface area contributed by atoms with Crippen molar-refractivity contribution in [3.8, 4) is 0 Å². The third-order valence-corrected chi connectivity index (χ3v) is 2.36. The maximum Gasteiger partial charge on any atom is 0.138 e. The average Bonchev–Trinajstić information content (AvgIpc) is 2.63. The topological polar surface area (TPSA) is 69.6 Å². The summed E-state index contributed by atoms with van der Waals surface area (Å²) in [5, 5.41) is 4.01. The van der Waals surface area contributed by atoms with Gasteiger partial charge in [0.25, 0.3) is 0 Å². The van der Waals surface area contributed by atoms with Crippen LogP contribution < -0.4 is 5.73 Å². The lowest BCUT2D eigenvalue weighted by atomic mass is 10.1. The van der Waals surface area contributed by atoms with Crippen LogP contribution in [0, 0.1) is 0 Å². The Balaban J connectivity index is 2.06. The normalized spacial score (nSPS) is 10.5. The van der Waals surface area contributed by atoms with Crippen LogP contribution in [0.3, 0.4) is 0 Å². The largest absolute Gasteiger partial charge is 0.398 e. The van der Waals surface area contributed by atoms with Gasteiger partial charge in [0.2, 0.25) is 0 Å². The lowest BCUT2D eigenvalue weighted by Gasteiger charge is -2.03. The van der Waals surface area contributed by atoms with Crippen molar-refractivity contribution in [2.24, 2.45) is 7.05 Å². The summed E-state index contributed by atoms with van der Waals surface area (Å²) in [6.45, 7) is 0. The fraction of sp³-hybridized carbons (Fsp3) is 0.300. The van der Waals surface area contributed by atoms with E-state index in [1.807, 2.05) is 13.1 Å². The Kier molecular flexibility index (Phi) is 2.62. The van der Waals surface area contributed by atoms with Gasteiger partial charge in [-0.3, -0.25) is 9.67 Å². The minimum Gasteiger partial charge on any atom is -0.398 e. The number of aromatic nitrogens is 4. The van der Waals surface area contributed by atoms with Gasteiger partial charge < -0.3 is 5.73 Å². The minimum atomic E-state index is 0.784. The molecule has 0 aliphatic heterocycles. The molecule has 0 aromatic carbocycles. The molecule has 5 nitrogen and oxygen atoms in total. The van der Waals surface area contributed by atoms with Crippen LogP contribution in [-0.2, 0) is 19.9 Å². The van der Waals surface area contributed by atoms with Crippen LogP contribution >= 0.6 is 0 Å². The lowest BCUT2D eigenvalue weighted by Crippen LogP contribution is -2.03. The van der Waals surface area contributed by atoms with Crippen LogP contribution in [-0.4, -0.2) is 19.7 Å². The summed E-state index contributed by atoms with van der Waals surface area (Å²) in [6, 6.07) is 1.81. The van der Waals surface area contributed by atoms with Crippen molar-refractivity contribution in [3.63, 3.8) is 0 Å². The van der Waals surface area contributed by atoms with Gasteiger partial charge in [0.1, 0.15) is 12.2 Å². The number of anilines is 1. The molecule has 0 aliphatic carbocycles. The number of hydrogen-bond donors (Lipinski definition) is 1. The molecule has 0 radical (unpaired) electrons. The number of pyridine rings is 1. The van der Waals surface area contributed by atoms with E-state index in [0.717, 1.165) is 29.9 Å². The molecule has 2 heterocycles. The van der Waals surface area contributed by atoms with Crippen molar-refractivity contribution >= 4 is 5.69 Å². The fourth-order valence-corrected chi connectivity index (χ4v) is 1.44. The molecule has 0 spiro atoms. The first-order valence-electron chi connectivity index (χ1n) is 4.78. The van der Waals surface area contributed by atoms with Gasteiger partial charge in [-0.2, -0.15) is 5.10 Å². The van der Waals surface area contributed by atoms with E-state index in [-0.39, 0.29) is 0 Å². The molecular weight excluding hydrogens is 190 g/mol. The van der Waals surface area contributed by atoms with Crippen molar-refractivity contribution in [2.75, 3.05) is 5.73 Å². The zero-order chi connectivity index (χ0) is 10.7. The quantitative estimate of drug-likeness (QED) is 0.792. The molecule has 0 atom stereocenters. The van der Waals surface area contributed by atoms with Gasteiger partial charge in [0, 0.05) is 31.5 Å². The Hall–Kier alpha value is -1.91. The molecule has 2 aromatic heterocycles. The summed E-state index contributed by atoms with van der Waals surface area (Å²) in [5.41, 5.74) is 7.66. The van der Waals surface area contributed by atoms with Gasteiger partial charge in [0.05, 0.1) is 0 Å². The van der Waals surface area contributed by atoms with Crippen LogP contribution in [0.1, 0.15) is 11.4 Å². The molecule has 0 unspecified atom stereocenters. The van der Waals surface area contributed by atoms with Gasteiger partial charge in [-0.1, -0.05) is 0 Å². The number of rotatable bonds is 3. The van der Waals surface area contributed by atoms with Crippen LogP contribution in [0.2, 0.25) is 0 Å². The number of hydrogen-bond acceptors (Lipinski definition) is 4. The molecule has 0 saturated heterocycles. The summed E-state index contributed by atoms with van der Waals surface area (Å²) in [5.74, 6) is 0.957. The second-order valence-corrected chi connectivity index (χ2v) is 3.37. The molecule has 5 heteroatoms. The molecular formula is C10H13N5. The van der Waals surface area contributed by atoms with Crippen molar-refractivity contribution in [2.45, 2.75) is 12.8 Å². The first-order chi connectivity index (χ1) is 7.27. The minimum absolute atomic E-state index is 0.784. The summed E-state index contributed by atoms with van der Waals surface area (Å²) in [6.07, 6.45) is 6.72. The Morgan fingerprint density at radius 3 is 2.93 bits per heavy atom. The molecule has 0 bridgehead atoms. The van der Waals surface area contributed by atoms with Crippen LogP contribution in [0.25, 0.3) is 0 Å². The predicted molar refractivity (Wildman–Crippen MR) is 57.1 cm³/mol. The van der Waals surface area contributed by atoms with Crippen molar-refractivity contribution in [3.05, 3.63) is 36.2 Å². The maximum absolute atomic E-state index is 5.82. The van der Waals surface area contributed by atoms with Gasteiger partial charge in [-0.15, -0.1) is 0 Å². The maximum atomic E-state index is 5.82. The smallest absolute Gasteiger partial charge is 0.138 e. The monoisotopic (exact) mass is 203 g/mol. The molecule has 0 fully saturated rings. The number of aryl methyl sites for hydroxylation is 3. The lowest BCUT2D eigenvalue weighted by molar-refractivity contribution is 0.692. The molecule has 2 N–H and O–H groups in total. The SMILES string of the molecule is Cn1ncnc1CCc1cnccc1N. The van der Waals surface area contributed by atoms with Gasteiger partial charge >= 0.3 is 0 Å². The van der Waals surface area contributed by atoms with Gasteiger partial charge in [-0.05, 0) is 18.1 Å². The Morgan fingerprint density at radius 2 is 2.27 bits per heavy atom.